The molecular weight excluding hydrogens is 308 g/mol. The Bertz CT molecular complexity index is 700. The molecule has 4 heteroatoms. The number of hydrogen-bond donors (Lipinski definition) is 0. The van der Waals surface area contributed by atoms with E-state index in [1.165, 1.54) is 27.9 Å². The van der Waals surface area contributed by atoms with Crippen molar-refractivity contribution in [2.45, 2.75) is 47.2 Å². The summed E-state index contributed by atoms with van der Waals surface area (Å²) in [5.74, 6) is 0. The minimum atomic E-state index is 0.993. The maximum Gasteiger partial charge on any atom is 0.0931 e. The molecule has 0 spiro atoms. The number of hydrogen-bond acceptors (Lipinski definition) is 3. The molecule has 0 bridgehead atoms. The Morgan fingerprint density at radius 2 is 1.60 bits per heavy atom. The summed E-state index contributed by atoms with van der Waals surface area (Å²) in [6.07, 6.45) is 1.11. The highest BCUT2D eigenvalue weighted by molar-refractivity contribution is 5.68. The van der Waals surface area contributed by atoms with Gasteiger partial charge in [-0.05, 0) is 51.4 Å². The summed E-state index contributed by atoms with van der Waals surface area (Å²) >= 11 is 0. The van der Waals surface area contributed by atoms with Crippen LogP contribution in [-0.2, 0) is 13.1 Å². The predicted octanol–water partition coefficient (Wildman–Crippen LogP) is 3.63. The van der Waals surface area contributed by atoms with Crippen molar-refractivity contribution in [2.24, 2.45) is 0 Å². The highest BCUT2D eigenvalue weighted by Gasteiger charge is 2.18. The number of rotatable bonds is 5. The Hall–Kier alpha value is -1.65. The first-order valence-electron chi connectivity index (χ1n) is 9.53. The van der Waals surface area contributed by atoms with E-state index < -0.39 is 0 Å². The molecule has 136 valence electrons. The van der Waals surface area contributed by atoms with Crippen molar-refractivity contribution < 1.29 is 0 Å². The van der Waals surface area contributed by atoms with Gasteiger partial charge in [0.25, 0.3) is 0 Å². The lowest BCUT2D eigenvalue weighted by molar-refractivity contribution is 0.145. The standard InChI is InChI=1S/C21H32N4/c1-6-7-25-19(15-24-10-8-23(5)9-11-24)14-20(22-25)21-17(3)12-16(2)13-18(21)4/h12-14H,6-11,15H2,1-5H3. The molecule has 0 N–H and O–H groups in total. The van der Waals surface area contributed by atoms with Gasteiger partial charge in [0.05, 0.1) is 11.4 Å². The number of nitrogens with zero attached hydrogens (tertiary/aromatic N) is 4. The van der Waals surface area contributed by atoms with E-state index in [0.717, 1.165) is 51.4 Å². The second-order valence-electron chi connectivity index (χ2n) is 7.60. The third-order valence-electron chi connectivity index (χ3n) is 5.21. The first-order valence-corrected chi connectivity index (χ1v) is 9.53. The zero-order valence-electron chi connectivity index (χ0n) is 16.5. The second-order valence-corrected chi connectivity index (χ2v) is 7.60. The van der Waals surface area contributed by atoms with E-state index in [-0.39, 0.29) is 0 Å². The lowest BCUT2D eigenvalue weighted by Gasteiger charge is -2.32. The molecule has 1 aliphatic heterocycles. The summed E-state index contributed by atoms with van der Waals surface area (Å²) in [5.41, 5.74) is 7.76. The average molecular weight is 341 g/mol. The molecule has 1 fully saturated rings. The minimum absolute atomic E-state index is 0.993. The van der Waals surface area contributed by atoms with Crippen molar-refractivity contribution in [1.29, 1.82) is 0 Å². The maximum absolute atomic E-state index is 4.98. The summed E-state index contributed by atoms with van der Waals surface area (Å²) in [6.45, 7) is 15.4. The molecule has 3 rings (SSSR count). The molecule has 1 aromatic carbocycles. The summed E-state index contributed by atoms with van der Waals surface area (Å²) in [4.78, 5) is 4.96. The van der Waals surface area contributed by atoms with Gasteiger partial charge in [0, 0.05) is 44.8 Å². The Morgan fingerprint density at radius 3 is 2.20 bits per heavy atom. The van der Waals surface area contributed by atoms with Crippen LogP contribution in [0.2, 0.25) is 0 Å². The SMILES string of the molecule is CCCn1nc(-c2c(C)cc(C)cc2C)cc1CN1CCN(C)CC1. The molecule has 1 aromatic heterocycles. The van der Waals surface area contributed by atoms with E-state index in [0.29, 0.717) is 0 Å². The molecule has 0 atom stereocenters. The van der Waals surface area contributed by atoms with E-state index >= 15 is 0 Å². The van der Waals surface area contributed by atoms with Gasteiger partial charge in [0.2, 0.25) is 0 Å². The number of aromatic nitrogens is 2. The molecule has 0 aliphatic carbocycles. The fraction of sp³-hybridized carbons (Fsp3) is 0.571. The van der Waals surface area contributed by atoms with E-state index in [1.54, 1.807) is 0 Å². The third kappa shape index (κ3) is 4.13. The molecule has 0 amide bonds. The van der Waals surface area contributed by atoms with Crippen LogP contribution in [0.25, 0.3) is 11.3 Å². The predicted molar refractivity (Wildman–Crippen MR) is 105 cm³/mol. The molecule has 1 saturated heterocycles. The quantitative estimate of drug-likeness (QED) is 0.831. The van der Waals surface area contributed by atoms with Crippen LogP contribution in [0.1, 0.15) is 35.7 Å². The first kappa shape index (κ1) is 18.2. The molecule has 2 heterocycles. The number of aryl methyl sites for hydroxylation is 4. The van der Waals surface area contributed by atoms with Gasteiger partial charge < -0.3 is 4.90 Å². The maximum atomic E-state index is 4.98. The molecule has 0 radical (unpaired) electrons. The van der Waals surface area contributed by atoms with Crippen LogP contribution < -0.4 is 0 Å². The highest BCUT2D eigenvalue weighted by atomic mass is 15.3. The Morgan fingerprint density at radius 1 is 0.960 bits per heavy atom. The largest absolute Gasteiger partial charge is 0.304 e. The van der Waals surface area contributed by atoms with Crippen molar-refractivity contribution in [2.75, 3.05) is 33.2 Å². The Labute approximate surface area is 152 Å². The van der Waals surface area contributed by atoms with Crippen LogP contribution in [-0.4, -0.2) is 52.8 Å². The smallest absolute Gasteiger partial charge is 0.0931 e. The lowest BCUT2D eigenvalue weighted by Crippen LogP contribution is -2.44. The van der Waals surface area contributed by atoms with Crippen LogP contribution in [0, 0.1) is 20.8 Å². The molecule has 25 heavy (non-hydrogen) atoms. The van der Waals surface area contributed by atoms with Gasteiger partial charge in [-0.25, -0.2) is 0 Å². The van der Waals surface area contributed by atoms with Crippen molar-refractivity contribution >= 4 is 0 Å². The van der Waals surface area contributed by atoms with Gasteiger partial charge in [-0.1, -0.05) is 24.6 Å². The van der Waals surface area contributed by atoms with Crippen molar-refractivity contribution in [3.8, 4) is 11.3 Å². The van der Waals surface area contributed by atoms with Gasteiger partial charge in [-0.2, -0.15) is 5.10 Å². The van der Waals surface area contributed by atoms with E-state index in [4.69, 9.17) is 5.10 Å². The van der Waals surface area contributed by atoms with Crippen LogP contribution in [0.5, 0.6) is 0 Å². The van der Waals surface area contributed by atoms with E-state index in [2.05, 4.69) is 67.4 Å². The summed E-state index contributed by atoms with van der Waals surface area (Å²) in [6, 6.07) is 6.85. The fourth-order valence-electron chi connectivity index (χ4n) is 3.93. The van der Waals surface area contributed by atoms with Crippen LogP contribution in [0.15, 0.2) is 18.2 Å². The summed E-state index contributed by atoms with van der Waals surface area (Å²) in [5, 5.41) is 4.98. The van der Waals surface area contributed by atoms with Gasteiger partial charge in [-0.15, -0.1) is 0 Å². The van der Waals surface area contributed by atoms with Crippen molar-refractivity contribution in [3.63, 3.8) is 0 Å². The monoisotopic (exact) mass is 340 g/mol. The number of likely N-dealkylation sites (N-methyl/N-ethyl adjacent to an activating group) is 1. The molecular formula is C21H32N4. The van der Waals surface area contributed by atoms with Gasteiger partial charge in [0.15, 0.2) is 0 Å². The average Bonchev–Trinajstić information content (AvgIpc) is 2.91. The Kier molecular flexibility index (Phi) is 5.60. The van der Waals surface area contributed by atoms with Crippen LogP contribution in [0.4, 0.5) is 0 Å². The number of piperazine rings is 1. The lowest BCUT2D eigenvalue weighted by atomic mass is 9.97. The fourth-order valence-corrected chi connectivity index (χ4v) is 3.93. The van der Waals surface area contributed by atoms with Crippen molar-refractivity contribution in [1.82, 2.24) is 19.6 Å². The van der Waals surface area contributed by atoms with Crippen LogP contribution >= 0.6 is 0 Å². The van der Waals surface area contributed by atoms with Gasteiger partial charge in [0.1, 0.15) is 0 Å². The Balaban J connectivity index is 1.90. The normalized spacial score (nSPS) is 16.5. The minimum Gasteiger partial charge on any atom is -0.304 e. The topological polar surface area (TPSA) is 24.3 Å². The van der Waals surface area contributed by atoms with Crippen LogP contribution in [0.3, 0.4) is 0 Å². The molecule has 4 nitrogen and oxygen atoms in total. The molecule has 0 unspecified atom stereocenters. The first-order chi connectivity index (χ1) is 12.0. The third-order valence-corrected chi connectivity index (χ3v) is 5.21. The van der Waals surface area contributed by atoms with E-state index in [1.807, 2.05) is 0 Å². The second kappa shape index (κ2) is 7.71. The summed E-state index contributed by atoms with van der Waals surface area (Å²) in [7, 11) is 2.21. The molecule has 2 aromatic rings. The zero-order valence-corrected chi connectivity index (χ0v) is 16.5. The zero-order chi connectivity index (χ0) is 18.0. The molecule has 1 aliphatic rings. The van der Waals surface area contributed by atoms with E-state index in [9.17, 15) is 0 Å². The highest BCUT2D eigenvalue weighted by Crippen LogP contribution is 2.28. The summed E-state index contributed by atoms with van der Waals surface area (Å²) < 4.78 is 2.23. The van der Waals surface area contributed by atoms with Gasteiger partial charge >= 0.3 is 0 Å². The number of benzene rings is 1. The molecule has 0 saturated carbocycles. The van der Waals surface area contributed by atoms with Crippen molar-refractivity contribution in [3.05, 3.63) is 40.6 Å². The van der Waals surface area contributed by atoms with Gasteiger partial charge in [-0.3, -0.25) is 9.58 Å².